The van der Waals surface area contributed by atoms with Crippen LogP contribution in [0, 0.1) is 11.8 Å². The van der Waals surface area contributed by atoms with Gasteiger partial charge in [-0.1, -0.05) is 13.3 Å². The van der Waals surface area contributed by atoms with E-state index in [0.717, 1.165) is 29.5 Å². The van der Waals surface area contributed by atoms with Gasteiger partial charge in [0, 0.05) is 24.2 Å². The molecule has 4 heterocycles. The molecule has 3 nitrogen and oxygen atoms in total. The van der Waals surface area contributed by atoms with Crippen LogP contribution in [0.2, 0.25) is 0 Å². The van der Waals surface area contributed by atoms with E-state index < -0.39 is 0 Å². The van der Waals surface area contributed by atoms with Gasteiger partial charge in [-0.2, -0.15) is 0 Å². The van der Waals surface area contributed by atoms with Crippen molar-refractivity contribution in [3.63, 3.8) is 0 Å². The zero-order chi connectivity index (χ0) is 15.8. The number of fused-ring (bicyclic) bond motifs is 4. The van der Waals surface area contributed by atoms with Crippen LogP contribution >= 0.6 is 0 Å². The third-order valence-electron chi connectivity index (χ3n) is 6.03. The van der Waals surface area contributed by atoms with Gasteiger partial charge in [0.25, 0.3) is 0 Å². The summed E-state index contributed by atoms with van der Waals surface area (Å²) in [4.78, 5) is 7.25. The van der Waals surface area contributed by atoms with Crippen LogP contribution in [0.4, 0.5) is 0 Å². The third kappa shape index (κ3) is 2.72. The summed E-state index contributed by atoms with van der Waals surface area (Å²) in [5, 5.41) is 1.25. The van der Waals surface area contributed by atoms with Gasteiger partial charge in [-0.3, -0.25) is 9.88 Å². The molecular weight excluding hydrogens is 284 g/mol. The van der Waals surface area contributed by atoms with Gasteiger partial charge in [-0.25, -0.2) is 0 Å². The molecule has 0 amide bonds. The van der Waals surface area contributed by atoms with Gasteiger partial charge < -0.3 is 4.74 Å². The lowest BCUT2D eigenvalue weighted by Gasteiger charge is -2.50. The fourth-order valence-corrected chi connectivity index (χ4v) is 4.67. The lowest BCUT2D eigenvalue weighted by Crippen LogP contribution is -2.53. The summed E-state index contributed by atoms with van der Waals surface area (Å²) in [6.45, 7) is 4.94. The van der Waals surface area contributed by atoms with Crippen LogP contribution in [-0.4, -0.2) is 36.1 Å². The molecule has 0 saturated carbocycles. The van der Waals surface area contributed by atoms with E-state index in [1.165, 1.54) is 43.3 Å². The predicted octanol–water partition coefficient (Wildman–Crippen LogP) is 3.91. The number of aromatic nitrogens is 1. The van der Waals surface area contributed by atoms with Crippen LogP contribution in [0.1, 0.15) is 31.7 Å². The van der Waals surface area contributed by atoms with Crippen LogP contribution < -0.4 is 4.74 Å². The molecule has 0 radical (unpaired) electrons. The van der Waals surface area contributed by atoms with E-state index in [2.05, 4.69) is 35.0 Å². The number of pyridine rings is 1. The Hall–Kier alpha value is -1.61. The number of rotatable bonds is 4. The number of methoxy groups -OCH3 is 1. The lowest BCUT2D eigenvalue weighted by molar-refractivity contribution is 0.000317. The van der Waals surface area contributed by atoms with Crippen molar-refractivity contribution in [2.45, 2.75) is 38.6 Å². The average molecular weight is 310 g/mol. The summed E-state index contributed by atoms with van der Waals surface area (Å²) in [6, 6.07) is 9.11. The monoisotopic (exact) mass is 310 g/mol. The first-order valence-electron chi connectivity index (χ1n) is 8.94. The Morgan fingerprint density at radius 3 is 2.96 bits per heavy atom. The van der Waals surface area contributed by atoms with Crippen molar-refractivity contribution in [1.82, 2.24) is 9.88 Å². The number of ether oxygens (including phenoxy) is 1. The summed E-state index contributed by atoms with van der Waals surface area (Å²) in [7, 11) is 1.73. The number of benzene rings is 1. The van der Waals surface area contributed by atoms with Crippen molar-refractivity contribution < 1.29 is 4.74 Å². The van der Waals surface area contributed by atoms with Gasteiger partial charge in [-0.15, -0.1) is 0 Å². The summed E-state index contributed by atoms with van der Waals surface area (Å²) >= 11 is 0. The summed E-state index contributed by atoms with van der Waals surface area (Å²) < 4.78 is 5.41. The number of hydrogen-bond acceptors (Lipinski definition) is 3. The molecule has 0 spiro atoms. The highest BCUT2D eigenvalue weighted by Gasteiger charge is 2.39. The molecule has 122 valence electrons. The summed E-state index contributed by atoms with van der Waals surface area (Å²) in [6.07, 6.45) is 7.20. The first-order chi connectivity index (χ1) is 11.3. The summed E-state index contributed by atoms with van der Waals surface area (Å²) in [5.74, 6) is 2.79. The molecule has 3 heteroatoms. The SMILES string of the molecule is CCC1CN2CCC1CC2Cc1ccnc2ccc(OC)cc12. The Kier molecular flexibility index (Phi) is 3.98. The Morgan fingerprint density at radius 1 is 1.30 bits per heavy atom. The number of nitrogens with zero attached hydrogens (tertiary/aromatic N) is 2. The molecule has 3 aliphatic heterocycles. The van der Waals surface area contributed by atoms with Gasteiger partial charge in [0.1, 0.15) is 5.75 Å². The molecule has 4 unspecified atom stereocenters. The first-order valence-corrected chi connectivity index (χ1v) is 8.94. The van der Waals surface area contributed by atoms with Crippen molar-refractivity contribution in [2.24, 2.45) is 11.8 Å². The Balaban J connectivity index is 1.61. The van der Waals surface area contributed by atoms with Crippen molar-refractivity contribution in [3.05, 3.63) is 36.0 Å². The zero-order valence-electron chi connectivity index (χ0n) is 14.2. The topological polar surface area (TPSA) is 25.4 Å². The molecule has 3 fully saturated rings. The second-order valence-corrected chi connectivity index (χ2v) is 7.16. The normalized spacial score (nSPS) is 29.8. The number of hydrogen-bond donors (Lipinski definition) is 0. The third-order valence-corrected chi connectivity index (χ3v) is 6.03. The van der Waals surface area contributed by atoms with Crippen LogP contribution in [0.15, 0.2) is 30.5 Å². The first kappa shape index (κ1) is 14.9. The maximum atomic E-state index is 5.41. The molecule has 23 heavy (non-hydrogen) atoms. The van der Waals surface area contributed by atoms with E-state index in [1.54, 1.807) is 7.11 Å². The van der Waals surface area contributed by atoms with Crippen LogP contribution in [-0.2, 0) is 6.42 Å². The van der Waals surface area contributed by atoms with Crippen molar-refractivity contribution in [3.8, 4) is 5.75 Å². The summed E-state index contributed by atoms with van der Waals surface area (Å²) in [5.41, 5.74) is 2.49. The molecule has 0 N–H and O–H groups in total. The maximum absolute atomic E-state index is 5.41. The van der Waals surface area contributed by atoms with E-state index in [9.17, 15) is 0 Å². The van der Waals surface area contributed by atoms with Gasteiger partial charge in [0.05, 0.1) is 12.6 Å². The smallest absolute Gasteiger partial charge is 0.119 e. The van der Waals surface area contributed by atoms with E-state index in [-0.39, 0.29) is 0 Å². The van der Waals surface area contributed by atoms with Gasteiger partial charge in [0.2, 0.25) is 0 Å². The molecule has 2 bridgehead atoms. The van der Waals surface area contributed by atoms with Crippen molar-refractivity contribution in [2.75, 3.05) is 20.2 Å². The fourth-order valence-electron chi connectivity index (χ4n) is 4.67. The minimum absolute atomic E-state index is 0.702. The van der Waals surface area contributed by atoms with Gasteiger partial charge in [0.15, 0.2) is 0 Å². The molecule has 3 saturated heterocycles. The molecule has 2 aromatic rings. The minimum Gasteiger partial charge on any atom is -0.497 e. The lowest BCUT2D eigenvalue weighted by atomic mass is 9.73. The maximum Gasteiger partial charge on any atom is 0.119 e. The van der Waals surface area contributed by atoms with Crippen LogP contribution in [0.3, 0.4) is 0 Å². The van der Waals surface area contributed by atoms with Crippen molar-refractivity contribution in [1.29, 1.82) is 0 Å². The second kappa shape index (κ2) is 6.12. The molecule has 1 aromatic carbocycles. The molecular formula is C20H26N2O. The highest BCUT2D eigenvalue weighted by Crippen LogP contribution is 2.39. The van der Waals surface area contributed by atoms with Crippen LogP contribution in [0.5, 0.6) is 5.75 Å². The van der Waals surface area contributed by atoms with E-state index in [4.69, 9.17) is 4.74 Å². The van der Waals surface area contributed by atoms with E-state index in [1.807, 2.05) is 12.3 Å². The Morgan fingerprint density at radius 2 is 2.22 bits per heavy atom. The highest BCUT2D eigenvalue weighted by molar-refractivity contribution is 5.83. The van der Waals surface area contributed by atoms with E-state index in [0.29, 0.717) is 6.04 Å². The average Bonchev–Trinajstić information content (AvgIpc) is 2.62. The highest BCUT2D eigenvalue weighted by atomic mass is 16.5. The Labute approximate surface area is 138 Å². The predicted molar refractivity (Wildman–Crippen MR) is 93.9 cm³/mol. The largest absolute Gasteiger partial charge is 0.497 e. The van der Waals surface area contributed by atoms with Crippen LogP contribution in [0.25, 0.3) is 10.9 Å². The second-order valence-electron chi connectivity index (χ2n) is 7.16. The van der Waals surface area contributed by atoms with Gasteiger partial charge >= 0.3 is 0 Å². The van der Waals surface area contributed by atoms with Gasteiger partial charge in [-0.05, 0) is 67.5 Å². The Bertz CT molecular complexity index is 699. The quantitative estimate of drug-likeness (QED) is 0.856. The number of piperidine rings is 3. The molecule has 0 aliphatic carbocycles. The fraction of sp³-hybridized carbons (Fsp3) is 0.550. The van der Waals surface area contributed by atoms with Crippen molar-refractivity contribution >= 4 is 10.9 Å². The minimum atomic E-state index is 0.702. The molecule has 4 atom stereocenters. The molecule has 3 aliphatic rings. The van der Waals surface area contributed by atoms with E-state index >= 15 is 0 Å². The molecule has 5 rings (SSSR count). The molecule has 1 aromatic heterocycles. The zero-order valence-corrected chi connectivity index (χ0v) is 14.2. The standard InChI is InChI=1S/C20H26N2O/c1-3-14-13-22-9-7-15(14)10-17(22)11-16-6-8-21-20-5-4-18(23-2)12-19(16)20/h4-6,8,12,14-15,17H,3,7,9-11,13H2,1-2H3.